The van der Waals surface area contributed by atoms with Crippen molar-refractivity contribution in [1.29, 1.82) is 0 Å². The maximum atomic E-state index is 14.0. The van der Waals surface area contributed by atoms with Crippen LogP contribution in [0.1, 0.15) is 94.3 Å². The molecule has 0 bridgehead atoms. The number of carbonyl (C=O) groups is 1. The van der Waals surface area contributed by atoms with E-state index in [2.05, 4.69) is 11.7 Å². The number of methoxy groups -OCH3 is 1. The van der Waals surface area contributed by atoms with Crippen molar-refractivity contribution in [1.82, 2.24) is 4.57 Å². The van der Waals surface area contributed by atoms with E-state index in [-0.39, 0.29) is 5.56 Å². The summed E-state index contributed by atoms with van der Waals surface area (Å²) in [6.07, 6.45) is 17.1. The summed E-state index contributed by atoms with van der Waals surface area (Å²) in [6, 6.07) is 1.49. The van der Waals surface area contributed by atoms with Crippen molar-refractivity contribution in [3.63, 3.8) is 0 Å². The largest absolute Gasteiger partial charge is 0.465 e. The summed E-state index contributed by atoms with van der Waals surface area (Å²) in [5.41, 5.74) is 0.0245. The zero-order valence-corrected chi connectivity index (χ0v) is 15.5. The van der Waals surface area contributed by atoms with Gasteiger partial charge in [-0.05, 0) is 12.5 Å². The first-order valence-corrected chi connectivity index (χ1v) is 9.63. The predicted molar refractivity (Wildman–Crippen MR) is 96.8 cm³/mol. The zero-order chi connectivity index (χ0) is 17.6. The molecular weight excluding hydrogens is 305 g/mol. The van der Waals surface area contributed by atoms with E-state index >= 15 is 0 Å². The maximum Gasteiger partial charge on any atom is 0.342 e. The van der Waals surface area contributed by atoms with Crippen molar-refractivity contribution < 1.29 is 13.9 Å². The molecule has 0 atom stereocenters. The van der Waals surface area contributed by atoms with Crippen LogP contribution in [0.15, 0.2) is 12.3 Å². The summed E-state index contributed by atoms with van der Waals surface area (Å²) in [5.74, 6) is -1.09. The normalized spacial score (nSPS) is 11.0. The Hall–Kier alpha value is -1.32. The second kappa shape index (κ2) is 13.0. The molecule has 24 heavy (non-hydrogen) atoms. The van der Waals surface area contributed by atoms with E-state index in [1.807, 2.05) is 0 Å². The van der Waals surface area contributed by atoms with E-state index in [1.165, 1.54) is 82.0 Å². The second-order valence-corrected chi connectivity index (χ2v) is 6.59. The minimum atomic E-state index is -0.610. The van der Waals surface area contributed by atoms with E-state index < -0.39 is 11.9 Å². The first-order valence-electron chi connectivity index (χ1n) is 9.63. The van der Waals surface area contributed by atoms with E-state index in [9.17, 15) is 9.18 Å². The molecule has 0 aliphatic heterocycles. The second-order valence-electron chi connectivity index (χ2n) is 6.59. The number of hydrogen-bond acceptors (Lipinski definition) is 2. The highest BCUT2D eigenvalue weighted by Gasteiger charge is 2.15. The van der Waals surface area contributed by atoms with Gasteiger partial charge < -0.3 is 9.30 Å². The molecule has 0 aliphatic rings. The van der Waals surface area contributed by atoms with Crippen molar-refractivity contribution >= 4 is 5.97 Å². The molecule has 0 aromatic carbocycles. The molecule has 1 aromatic heterocycles. The van der Waals surface area contributed by atoms with Gasteiger partial charge in [0, 0.05) is 12.7 Å². The summed E-state index contributed by atoms with van der Waals surface area (Å²) in [7, 11) is 1.27. The number of rotatable bonds is 14. The van der Waals surface area contributed by atoms with Gasteiger partial charge in [0.15, 0.2) is 0 Å². The molecule has 0 amide bonds. The Morgan fingerprint density at radius 1 is 0.958 bits per heavy atom. The van der Waals surface area contributed by atoms with Gasteiger partial charge in [-0.2, -0.15) is 4.39 Å². The summed E-state index contributed by atoms with van der Waals surface area (Å²) >= 11 is 0. The molecule has 0 saturated carbocycles. The van der Waals surface area contributed by atoms with E-state index in [1.54, 1.807) is 6.20 Å². The van der Waals surface area contributed by atoms with Gasteiger partial charge >= 0.3 is 5.97 Å². The molecule has 1 rings (SSSR count). The lowest BCUT2D eigenvalue weighted by Crippen LogP contribution is -2.06. The number of hydrogen-bond donors (Lipinski definition) is 0. The highest BCUT2D eigenvalue weighted by molar-refractivity contribution is 5.89. The third kappa shape index (κ3) is 7.98. The van der Waals surface area contributed by atoms with Crippen molar-refractivity contribution in [2.24, 2.45) is 0 Å². The molecule has 4 heteroatoms. The van der Waals surface area contributed by atoms with Gasteiger partial charge in [-0.1, -0.05) is 77.6 Å². The van der Waals surface area contributed by atoms with Gasteiger partial charge in [0.25, 0.3) is 0 Å². The summed E-state index contributed by atoms with van der Waals surface area (Å²) < 4.78 is 20.0. The molecule has 0 radical (unpaired) electrons. The van der Waals surface area contributed by atoms with Crippen LogP contribution in [0.4, 0.5) is 4.39 Å². The standard InChI is InChI=1S/C20H34FNO2/c1-3-4-5-6-7-8-9-10-11-12-13-14-16-22-17-15-18(19(22)21)20(23)24-2/h15,17H,3-14,16H2,1-2H3. The molecule has 0 N–H and O–H groups in total. The van der Waals surface area contributed by atoms with Gasteiger partial charge in [-0.25, -0.2) is 4.79 Å². The third-order valence-electron chi connectivity index (χ3n) is 4.55. The van der Waals surface area contributed by atoms with E-state index in [4.69, 9.17) is 0 Å². The molecule has 0 aliphatic carbocycles. The number of aryl methyl sites for hydroxylation is 1. The molecule has 1 aromatic rings. The van der Waals surface area contributed by atoms with Crippen LogP contribution < -0.4 is 0 Å². The lowest BCUT2D eigenvalue weighted by molar-refractivity contribution is 0.0594. The molecule has 138 valence electrons. The topological polar surface area (TPSA) is 31.2 Å². The smallest absolute Gasteiger partial charge is 0.342 e. The molecule has 0 fully saturated rings. The van der Waals surface area contributed by atoms with Crippen LogP contribution in [0.25, 0.3) is 0 Å². The average molecular weight is 339 g/mol. The molecule has 3 nitrogen and oxygen atoms in total. The maximum absolute atomic E-state index is 14.0. The zero-order valence-electron chi connectivity index (χ0n) is 15.5. The van der Waals surface area contributed by atoms with Gasteiger partial charge in [0.05, 0.1) is 7.11 Å². The fraction of sp³-hybridized carbons (Fsp3) is 0.750. The van der Waals surface area contributed by atoms with Gasteiger partial charge in [0.2, 0.25) is 5.95 Å². The molecule has 0 spiro atoms. The van der Waals surface area contributed by atoms with Crippen LogP contribution >= 0.6 is 0 Å². The van der Waals surface area contributed by atoms with E-state index in [0.717, 1.165) is 12.8 Å². The quantitative estimate of drug-likeness (QED) is 0.302. The monoisotopic (exact) mass is 339 g/mol. The Labute approximate surface area is 146 Å². The Morgan fingerprint density at radius 3 is 1.96 bits per heavy atom. The Morgan fingerprint density at radius 2 is 1.46 bits per heavy atom. The lowest BCUT2D eigenvalue weighted by atomic mass is 10.1. The van der Waals surface area contributed by atoms with Gasteiger partial charge in [0.1, 0.15) is 5.56 Å². The number of carbonyl (C=O) groups excluding carboxylic acids is 1. The fourth-order valence-corrected chi connectivity index (χ4v) is 3.01. The number of ether oxygens (including phenoxy) is 1. The Bertz CT molecular complexity index is 456. The highest BCUT2D eigenvalue weighted by Crippen LogP contribution is 2.14. The molecule has 1 heterocycles. The van der Waals surface area contributed by atoms with Crippen LogP contribution in [0.2, 0.25) is 0 Å². The lowest BCUT2D eigenvalue weighted by Gasteiger charge is -2.05. The van der Waals surface area contributed by atoms with Crippen LogP contribution in [0, 0.1) is 5.95 Å². The van der Waals surface area contributed by atoms with Crippen LogP contribution in [0.3, 0.4) is 0 Å². The SMILES string of the molecule is CCCCCCCCCCCCCCn1ccc(C(=O)OC)c1F. The minimum absolute atomic E-state index is 0.0245. The van der Waals surface area contributed by atoms with E-state index in [0.29, 0.717) is 6.54 Å². The fourth-order valence-electron chi connectivity index (χ4n) is 3.01. The van der Waals surface area contributed by atoms with Crippen LogP contribution in [-0.4, -0.2) is 17.6 Å². The Kier molecular flexibility index (Phi) is 11.2. The Balaban J connectivity index is 1.99. The average Bonchev–Trinajstić information content (AvgIpc) is 2.96. The molecule has 0 saturated heterocycles. The summed E-state index contributed by atoms with van der Waals surface area (Å²) in [6.45, 7) is 2.88. The third-order valence-corrected chi connectivity index (χ3v) is 4.55. The van der Waals surface area contributed by atoms with Crippen LogP contribution in [-0.2, 0) is 11.3 Å². The highest BCUT2D eigenvalue weighted by atomic mass is 19.1. The van der Waals surface area contributed by atoms with Crippen molar-refractivity contribution in [2.75, 3.05) is 7.11 Å². The molecule has 0 unspecified atom stereocenters. The van der Waals surface area contributed by atoms with Gasteiger partial charge in [-0.15, -0.1) is 0 Å². The van der Waals surface area contributed by atoms with Crippen molar-refractivity contribution in [3.05, 3.63) is 23.8 Å². The number of nitrogens with zero attached hydrogens (tertiary/aromatic N) is 1. The summed E-state index contributed by atoms with van der Waals surface area (Å²) in [4.78, 5) is 11.3. The van der Waals surface area contributed by atoms with Crippen LogP contribution in [0.5, 0.6) is 0 Å². The van der Waals surface area contributed by atoms with Gasteiger partial charge in [-0.3, -0.25) is 0 Å². The van der Waals surface area contributed by atoms with Crippen molar-refractivity contribution in [2.45, 2.75) is 90.5 Å². The number of halogens is 1. The molecular formula is C20H34FNO2. The minimum Gasteiger partial charge on any atom is -0.465 e. The number of unbranched alkanes of at least 4 members (excludes halogenated alkanes) is 11. The number of esters is 1. The summed E-state index contributed by atoms with van der Waals surface area (Å²) in [5, 5.41) is 0. The first kappa shape index (κ1) is 20.7. The van der Waals surface area contributed by atoms with Crippen molar-refractivity contribution in [3.8, 4) is 0 Å². The first-order chi connectivity index (χ1) is 11.7. The predicted octanol–water partition coefficient (Wildman–Crippen LogP) is 6.11. The number of aromatic nitrogens is 1.